The number of hydrogen-bond donors (Lipinski definition) is 1. The van der Waals surface area contributed by atoms with Gasteiger partial charge in [-0.3, -0.25) is 9.78 Å². The molecule has 2 aromatic heterocycles. The van der Waals surface area contributed by atoms with Crippen LogP contribution in [0.4, 0.5) is 0 Å². The van der Waals surface area contributed by atoms with Crippen LogP contribution in [-0.4, -0.2) is 25.7 Å². The van der Waals surface area contributed by atoms with Crippen LogP contribution in [-0.2, 0) is 6.54 Å². The lowest BCUT2D eigenvalue weighted by atomic mass is 10.1. The van der Waals surface area contributed by atoms with E-state index in [2.05, 4.69) is 20.4 Å². The third-order valence-corrected chi connectivity index (χ3v) is 3.29. The smallest absolute Gasteiger partial charge is 0.253 e. The molecule has 0 aliphatic heterocycles. The number of rotatable bonds is 5. The van der Waals surface area contributed by atoms with Gasteiger partial charge >= 0.3 is 0 Å². The van der Waals surface area contributed by atoms with Crippen molar-refractivity contribution >= 4 is 17.5 Å². The number of pyridine rings is 1. The molecule has 1 atom stereocenters. The van der Waals surface area contributed by atoms with Gasteiger partial charge in [0.2, 0.25) is 0 Å². The number of carbonyl (C=O) groups excluding carboxylic acids is 1. The number of halogens is 1. The summed E-state index contributed by atoms with van der Waals surface area (Å²) in [4.78, 5) is 20.3. The molecule has 0 spiro atoms. The van der Waals surface area contributed by atoms with Crippen LogP contribution in [0.3, 0.4) is 0 Å². The Balaban J connectivity index is 2.19. The quantitative estimate of drug-likeness (QED) is 0.917. The number of hydrogen-bond acceptors (Lipinski definition) is 4. The monoisotopic (exact) mass is 293 g/mol. The van der Waals surface area contributed by atoms with Crippen molar-refractivity contribution in [1.82, 2.24) is 25.1 Å². The standard InChI is InChI=1S/C13H16ClN5O/c1-3-11(12-16-8-17-19(12)4-2)18-13(20)9-5-6-15-7-10(9)14/h5-8,11H,3-4H2,1-2H3,(H,18,20)/t11-/m1/s1. The molecule has 2 heterocycles. The zero-order chi connectivity index (χ0) is 14.5. The van der Waals surface area contributed by atoms with Gasteiger partial charge in [0.25, 0.3) is 5.91 Å². The fourth-order valence-corrected chi connectivity index (χ4v) is 2.14. The highest BCUT2D eigenvalue weighted by molar-refractivity contribution is 6.33. The van der Waals surface area contributed by atoms with E-state index in [0.717, 1.165) is 5.82 Å². The molecule has 0 unspecified atom stereocenters. The first kappa shape index (κ1) is 14.5. The lowest BCUT2D eigenvalue weighted by molar-refractivity contribution is 0.0933. The Morgan fingerprint density at radius 3 is 2.95 bits per heavy atom. The highest BCUT2D eigenvalue weighted by Crippen LogP contribution is 2.17. The largest absolute Gasteiger partial charge is 0.342 e. The van der Waals surface area contributed by atoms with E-state index in [1.165, 1.54) is 18.7 Å². The average molecular weight is 294 g/mol. The summed E-state index contributed by atoms with van der Waals surface area (Å²) in [5.41, 5.74) is 0.405. The van der Waals surface area contributed by atoms with Crippen molar-refractivity contribution in [3.05, 3.63) is 41.2 Å². The van der Waals surface area contributed by atoms with Crippen LogP contribution in [0.1, 0.15) is 42.5 Å². The molecule has 0 aliphatic rings. The van der Waals surface area contributed by atoms with Gasteiger partial charge < -0.3 is 5.32 Å². The number of aromatic nitrogens is 4. The molecule has 0 fully saturated rings. The van der Waals surface area contributed by atoms with Crippen LogP contribution in [0.2, 0.25) is 5.02 Å². The summed E-state index contributed by atoms with van der Waals surface area (Å²) in [7, 11) is 0. The van der Waals surface area contributed by atoms with Crippen molar-refractivity contribution < 1.29 is 4.79 Å². The molecule has 1 amide bonds. The number of nitrogens with one attached hydrogen (secondary N) is 1. The van der Waals surface area contributed by atoms with Crippen molar-refractivity contribution in [3.8, 4) is 0 Å². The van der Waals surface area contributed by atoms with Crippen molar-refractivity contribution in [1.29, 1.82) is 0 Å². The van der Waals surface area contributed by atoms with Gasteiger partial charge in [0, 0.05) is 18.9 Å². The topological polar surface area (TPSA) is 72.7 Å². The molecular weight excluding hydrogens is 278 g/mol. The van der Waals surface area contributed by atoms with Crippen LogP contribution in [0.5, 0.6) is 0 Å². The Bertz CT molecular complexity index is 598. The normalized spacial score (nSPS) is 12.2. The Kier molecular flexibility index (Phi) is 4.68. The zero-order valence-electron chi connectivity index (χ0n) is 11.4. The fourth-order valence-electron chi connectivity index (χ4n) is 1.93. The van der Waals surface area contributed by atoms with E-state index in [1.54, 1.807) is 10.7 Å². The van der Waals surface area contributed by atoms with E-state index in [0.29, 0.717) is 23.6 Å². The first-order chi connectivity index (χ1) is 9.67. The minimum Gasteiger partial charge on any atom is -0.342 e. The first-order valence-corrected chi connectivity index (χ1v) is 6.83. The Morgan fingerprint density at radius 1 is 1.50 bits per heavy atom. The highest BCUT2D eigenvalue weighted by Gasteiger charge is 2.20. The van der Waals surface area contributed by atoms with E-state index in [4.69, 9.17) is 11.6 Å². The maximum atomic E-state index is 12.2. The molecule has 106 valence electrons. The second-order valence-corrected chi connectivity index (χ2v) is 4.63. The number of amides is 1. The maximum absolute atomic E-state index is 12.2. The number of carbonyl (C=O) groups is 1. The van der Waals surface area contributed by atoms with Gasteiger partial charge in [0.15, 0.2) is 0 Å². The van der Waals surface area contributed by atoms with Crippen molar-refractivity contribution in [2.24, 2.45) is 0 Å². The second kappa shape index (κ2) is 6.47. The van der Waals surface area contributed by atoms with Crippen LogP contribution < -0.4 is 5.32 Å². The van der Waals surface area contributed by atoms with E-state index in [-0.39, 0.29) is 11.9 Å². The van der Waals surface area contributed by atoms with Crippen molar-refractivity contribution in [2.45, 2.75) is 32.9 Å². The molecule has 2 aromatic rings. The molecule has 0 saturated carbocycles. The molecular formula is C13H16ClN5O. The second-order valence-electron chi connectivity index (χ2n) is 4.22. The SMILES string of the molecule is CC[C@@H](NC(=O)c1ccncc1Cl)c1ncnn1CC. The van der Waals surface area contributed by atoms with Gasteiger partial charge in [-0.15, -0.1) is 0 Å². The minimum absolute atomic E-state index is 0.200. The van der Waals surface area contributed by atoms with Crippen molar-refractivity contribution in [3.63, 3.8) is 0 Å². The Hall–Kier alpha value is -1.95. The summed E-state index contributed by atoms with van der Waals surface area (Å²) in [5.74, 6) is 0.503. The summed E-state index contributed by atoms with van der Waals surface area (Å²) in [5, 5.41) is 7.38. The van der Waals surface area contributed by atoms with Gasteiger partial charge in [0.05, 0.1) is 16.6 Å². The lowest BCUT2D eigenvalue weighted by Crippen LogP contribution is -2.30. The fraction of sp³-hybridized carbons (Fsp3) is 0.385. The van der Waals surface area contributed by atoms with E-state index in [9.17, 15) is 4.79 Å². The zero-order valence-corrected chi connectivity index (χ0v) is 12.1. The number of aryl methyl sites for hydroxylation is 1. The highest BCUT2D eigenvalue weighted by atomic mass is 35.5. The molecule has 0 bridgehead atoms. The third kappa shape index (κ3) is 2.96. The van der Waals surface area contributed by atoms with E-state index < -0.39 is 0 Å². The minimum atomic E-state index is -0.241. The molecule has 20 heavy (non-hydrogen) atoms. The summed E-state index contributed by atoms with van der Waals surface area (Å²) in [6.45, 7) is 4.66. The average Bonchev–Trinajstić information content (AvgIpc) is 2.93. The summed E-state index contributed by atoms with van der Waals surface area (Å²) >= 11 is 5.97. The first-order valence-electron chi connectivity index (χ1n) is 6.45. The van der Waals surface area contributed by atoms with Crippen LogP contribution in [0.15, 0.2) is 24.8 Å². The molecule has 0 aromatic carbocycles. The van der Waals surface area contributed by atoms with Gasteiger partial charge in [0.1, 0.15) is 12.2 Å². The molecule has 1 N–H and O–H groups in total. The molecule has 0 aliphatic carbocycles. The molecule has 6 nitrogen and oxygen atoms in total. The van der Waals surface area contributed by atoms with Crippen LogP contribution in [0, 0.1) is 0 Å². The molecule has 0 radical (unpaired) electrons. The third-order valence-electron chi connectivity index (χ3n) is 2.99. The van der Waals surface area contributed by atoms with Gasteiger partial charge in [-0.1, -0.05) is 18.5 Å². The van der Waals surface area contributed by atoms with E-state index in [1.807, 2.05) is 13.8 Å². The van der Waals surface area contributed by atoms with Gasteiger partial charge in [-0.05, 0) is 19.4 Å². The van der Waals surface area contributed by atoms with Gasteiger partial charge in [-0.25, -0.2) is 9.67 Å². The Morgan fingerprint density at radius 2 is 2.30 bits per heavy atom. The lowest BCUT2D eigenvalue weighted by Gasteiger charge is -2.17. The Labute approximate surface area is 122 Å². The maximum Gasteiger partial charge on any atom is 0.253 e. The van der Waals surface area contributed by atoms with Crippen molar-refractivity contribution in [2.75, 3.05) is 0 Å². The number of nitrogens with zero attached hydrogens (tertiary/aromatic N) is 4. The molecule has 7 heteroatoms. The summed E-state index contributed by atoms with van der Waals surface area (Å²) in [6.07, 6.45) is 5.20. The summed E-state index contributed by atoms with van der Waals surface area (Å²) in [6, 6.07) is 1.39. The predicted molar refractivity (Wildman–Crippen MR) is 75.4 cm³/mol. The molecule has 2 rings (SSSR count). The van der Waals surface area contributed by atoms with Crippen LogP contribution in [0.25, 0.3) is 0 Å². The summed E-state index contributed by atoms with van der Waals surface area (Å²) < 4.78 is 1.77. The van der Waals surface area contributed by atoms with Crippen LogP contribution >= 0.6 is 11.6 Å². The predicted octanol–water partition coefficient (Wildman–Crippen LogP) is 2.23. The van der Waals surface area contributed by atoms with Gasteiger partial charge in [-0.2, -0.15) is 5.10 Å². The van der Waals surface area contributed by atoms with E-state index >= 15 is 0 Å². The molecule has 0 saturated heterocycles.